The van der Waals surface area contributed by atoms with Crippen molar-refractivity contribution >= 4 is 22.5 Å². The quantitative estimate of drug-likeness (QED) is 0.430. The molecule has 3 nitrogen and oxygen atoms in total. The summed E-state index contributed by atoms with van der Waals surface area (Å²) in [5.41, 5.74) is 2.12. The fraction of sp³-hybridized carbons (Fsp3) is 0.435. The molecule has 2 aromatic rings. The number of ether oxygens (including phenoxy) is 2. The molecule has 26 heavy (non-hydrogen) atoms. The highest BCUT2D eigenvalue weighted by molar-refractivity contribution is 5.97. The van der Waals surface area contributed by atoms with E-state index in [2.05, 4.69) is 39.0 Å². The zero-order chi connectivity index (χ0) is 18.5. The summed E-state index contributed by atoms with van der Waals surface area (Å²) in [5, 5.41) is 2.27. The molecular formula is C23H28O3. The standard InChI is InChI=1S/C23H28O3/c1-4-5-6-13-22(24)26-21-14-20(25-15-16(2)3)18-11-7-9-17-10-8-12-19(21)23(17)18/h7-12,14,16,21H,4-6,13,15H2,1-3H3. The highest BCUT2D eigenvalue weighted by atomic mass is 16.5. The van der Waals surface area contributed by atoms with Gasteiger partial charge in [-0.2, -0.15) is 0 Å². The molecule has 0 aliphatic heterocycles. The van der Waals surface area contributed by atoms with Crippen LogP contribution in [0.25, 0.3) is 16.5 Å². The Morgan fingerprint density at radius 2 is 1.88 bits per heavy atom. The largest absolute Gasteiger partial charge is 0.493 e. The molecule has 0 amide bonds. The third-order valence-corrected chi connectivity index (χ3v) is 4.63. The Morgan fingerprint density at radius 1 is 1.12 bits per heavy atom. The number of benzene rings is 2. The molecule has 0 bridgehead atoms. The molecule has 0 heterocycles. The van der Waals surface area contributed by atoms with Crippen molar-refractivity contribution in [1.29, 1.82) is 0 Å². The number of rotatable bonds is 8. The van der Waals surface area contributed by atoms with Crippen molar-refractivity contribution in [2.45, 2.75) is 52.6 Å². The fourth-order valence-corrected chi connectivity index (χ4v) is 3.33. The van der Waals surface area contributed by atoms with Gasteiger partial charge in [-0.15, -0.1) is 0 Å². The predicted octanol–water partition coefficient (Wildman–Crippen LogP) is 6.03. The van der Waals surface area contributed by atoms with Gasteiger partial charge in [0.1, 0.15) is 11.9 Å². The van der Waals surface area contributed by atoms with Crippen LogP contribution in [-0.4, -0.2) is 12.6 Å². The monoisotopic (exact) mass is 352 g/mol. The third kappa shape index (κ3) is 4.09. The maximum absolute atomic E-state index is 12.3. The predicted molar refractivity (Wildman–Crippen MR) is 106 cm³/mol. The normalized spacial score (nSPS) is 15.8. The van der Waals surface area contributed by atoms with Gasteiger partial charge in [0.2, 0.25) is 0 Å². The van der Waals surface area contributed by atoms with Crippen molar-refractivity contribution in [3.05, 3.63) is 53.6 Å². The molecular weight excluding hydrogens is 324 g/mol. The molecule has 1 atom stereocenters. The number of esters is 1. The lowest BCUT2D eigenvalue weighted by atomic mass is 9.90. The average molecular weight is 352 g/mol. The average Bonchev–Trinajstić information content (AvgIpc) is 2.63. The van der Waals surface area contributed by atoms with Crippen molar-refractivity contribution in [3.63, 3.8) is 0 Å². The van der Waals surface area contributed by atoms with Crippen molar-refractivity contribution in [1.82, 2.24) is 0 Å². The zero-order valence-electron chi connectivity index (χ0n) is 16.0. The van der Waals surface area contributed by atoms with Crippen LogP contribution in [0, 0.1) is 5.92 Å². The van der Waals surface area contributed by atoms with Crippen LogP contribution in [-0.2, 0) is 14.3 Å². The summed E-state index contributed by atoms with van der Waals surface area (Å²) in [7, 11) is 0. The number of carbonyl (C=O) groups is 1. The first-order valence-electron chi connectivity index (χ1n) is 9.66. The van der Waals surface area contributed by atoms with Crippen molar-refractivity contribution in [3.8, 4) is 0 Å². The molecule has 138 valence electrons. The first-order valence-corrected chi connectivity index (χ1v) is 9.66. The molecule has 1 aliphatic carbocycles. The van der Waals surface area contributed by atoms with E-state index >= 15 is 0 Å². The lowest BCUT2D eigenvalue weighted by Crippen LogP contribution is -2.15. The van der Waals surface area contributed by atoms with E-state index in [1.54, 1.807) is 0 Å². The maximum Gasteiger partial charge on any atom is 0.306 e. The molecule has 1 unspecified atom stereocenters. The van der Waals surface area contributed by atoms with Gasteiger partial charge in [0.05, 0.1) is 6.61 Å². The van der Waals surface area contributed by atoms with Gasteiger partial charge in [-0.3, -0.25) is 4.79 Å². The molecule has 0 saturated heterocycles. The van der Waals surface area contributed by atoms with E-state index in [4.69, 9.17) is 9.47 Å². The van der Waals surface area contributed by atoms with Crippen LogP contribution in [0.3, 0.4) is 0 Å². The van der Waals surface area contributed by atoms with Crippen LogP contribution in [0.5, 0.6) is 0 Å². The van der Waals surface area contributed by atoms with Gasteiger partial charge >= 0.3 is 5.97 Å². The molecule has 1 aliphatic rings. The summed E-state index contributed by atoms with van der Waals surface area (Å²) in [4.78, 5) is 12.3. The van der Waals surface area contributed by atoms with E-state index in [9.17, 15) is 4.79 Å². The minimum atomic E-state index is -0.384. The molecule has 0 saturated carbocycles. The van der Waals surface area contributed by atoms with Gasteiger partial charge in [-0.1, -0.05) is 70.0 Å². The lowest BCUT2D eigenvalue weighted by Gasteiger charge is -2.26. The highest BCUT2D eigenvalue weighted by Gasteiger charge is 2.25. The van der Waals surface area contributed by atoms with E-state index < -0.39 is 0 Å². The van der Waals surface area contributed by atoms with Crippen molar-refractivity contribution < 1.29 is 14.3 Å². The van der Waals surface area contributed by atoms with E-state index in [0.717, 1.165) is 46.9 Å². The Balaban J connectivity index is 1.91. The first kappa shape index (κ1) is 18.5. The van der Waals surface area contributed by atoms with Gasteiger partial charge in [-0.05, 0) is 23.1 Å². The first-order chi connectivity index (χ1) is 12.6. The van der Waals surface area contributed by atoms with E-state index in [1.807, 2.05) is 24.3 Å². The van der Waals surface area contributed by atoms with E-state index in [-0.39, 0.29) is 12.1 Å². The highest BCUT2D eigenvalue weighted by Crippen LogP contribution is 2.40. The Bertz CT molecular complexity index is 799. The molecule has 3 heteroatoms. The van der Waals surface area contributed by atoms with Crippen LogP contribution >= 0.6 is 0 Å². The maximum atomic E-state index is 12.3. The molecule has 0 spiro atoms. The Kier molecular flexibility index (Phi) is 5.97. The van der Waals surface area contributed by atoms with Crippen LogP contribution in [0.15, 0.2) is 42.5 Å². The summed E-state index contributed by atoms with van der Waals surface area (Å²) < 4.78 is 11.9. The van der Waals surface area contributed by atoms with Crippen molar-refractivity contribution in [2.24, 2.45) is 5.92 Å². The topological polar surface area (TPSA) is 35.5 Å². The second kappa shape index (κ2) is 8.39. The minimum absolute atomic E-state index is 0.140. The summed E-state index contributed by atoms with van der Waals surface area (Å²) in [6, 6.07) is 12.4. The Morgan fingerprint density at radius 3 is 2.62 bits per heavy atom. The number of unbranched alkanes of at least 4 members (excludes halogenated alkanes) is 2. The Hall–Kier alpha value is -2.29. The van der Waals surface area contributed by atoms with Gasteiger partial charge < -0.3 is 9.47 Å². The van der Waals surface area contributed by atoms with Gasteiger partial charge in [0.15, 0.2) is 0 Å². The van der Waals surface area contributed by atoms with Crippen LogP contribution in [0.1, 0.15) is 63.7 Å². The summed E-state index contributed by atoms with van der Waals surface area (Å²) in [6.07, 6.45) is 5.07. The SMILES string of the molecule is CCCCCC(=O)OC1C=C(OCC(C)C)c2cccc3cccc1c23. The second-order valence-corrected chi connectivity index (χ2v) is 7.35. The Labute approximate surface area is 156 Å². The lowest BCUT2D eigenvalue weighted by molar-refractivity contribution is -0.147. The van der Waals surface area contributed by atoms with E-state index in [1.165, 1.54) is 0 Å². The smallest absolute Gasteiger partial charge is 0.306 e. The summed E-state index contributed by atoms with van der Waals surface area (Å²) in [5.74, 6) is 1.11. The molecule has 0 aromatic heterocycles. The molecule has 0 fully saturated rings. The van der Waals surface area contributed by atoms with Gasteiger partial charge in [0.25, 0.3) is 0 Å². The number of carbonyl (C=O) groups excluding carboxylic acids is 1. The second-order valence-electron chi connectivity index (χ2n) is 7.35. The zero-order valence-corrected chi connectivity index (χ0v) is 16.0. The number of hydrogen-bond donors (Lipinski definition) is 0. The van der Waals surface area contributed by atoms with Crippen molar-refractivity contribution in [2.75, 3.05) is 6.61 Å². The molecule has 0 N–H and O–H groups in total. The summed E-state index contributed by atoms with van der Waals surface area (Å²) in [6.45, 7) is 7.03. The van der Waals surface area contributed by atoms with Crippen LogP contribution < -0.4 is 0 Å². The number of hydrogen-bond acceptors (Lipinski definition) is 3. The van der Waals surface area contributed by atoms with Crippen LogP contribution in [0.4, 0.5) is 0 Å². The van der Waals surface area contributed by atoms with Gasteiger partial charge in [0, 0.05) is 23.6 Å². The molecule has 3 rings (SSSR count). The minimum Gasteiger partial charge on any atom is -0.493 e. The molecule has 2 aromatic carbocycles. The fourth-order valence-electron chi connectivity index (χ4n) is 3.33. The van der Waals surface area contributed by atoms with Crippen LogP contribution in [0.2, 0.25) is 0 Å². The molecule has 0 radical (unpaired) electrons. The third-order valence-electron chi connectivity index (χ3n) is 4.63. The summed E-state index contributed by atoms with van der Waals surface area (Å²) >= 11 is 0. The van der Waals surface area contributed by atoms with Gasteiger partial charge in [-0.25, -0.2) is 0 Å². The van der Waals surface area contributed by atoms with E-state index in [0.29, 0.717) is 18.9 Å².